The number of aryl methyl sites for hydroxylation is 3. The molecule has 0 saturated carbocycles. The molecule has 1 aliphatic heterocycles. The van der Waals surface area contributed by atoms with E-state index in [1.807, 2.05) is 6.92 Å². The summed E-state index contributed by atoms with van der Waals surface area (Å²) in [5.74, 6) is 0. The van der Waals surface area contributed by atoms with Crippen molar-refractivity contribution >= 4 is 0 Å². The lowest BCUT2D eigenvalue weighted by Crippen LogP contribution is -2.36. The van der Waals surface area contributed by atoms with E-state index in [-0.39, 0.29) is 6.10 Å². The van der Waals surface area contributed by atoms with Gasteiger partial charge in [0.2, 0.25) is 0 Å². The summed E-state index contributed by atoms with van der Waals surface area (Å²) in [6.45, 7) is 10.8. The molecule has 2 atom stereocenters. The third-order valence-electron chi connectivity index (χ3n) is 4.81. The summed E-state index contributed by atoms with van der Waals surface area (Å²) in [6, 6.07) is 5.13. The Bertz CT molecular complexity index is 444. The van der Waals surface area contributed by atoms with E-state index >= 15 is 0 Å². The number of aliphatic hydroxyl groups excluding tert-OH is 1. The molecule has 2 nitrogen and oxygen atoms in total. The van der Waals surface area contributed by atoms with E-state index in [0.717, 1.165) is 13.0 Å². The Morgan fingerprint density at radius 1 is 1.14 bits per heavy atom. The van der Waals surface area contributed by atoms with Gasteiger partial charge in [-0.15, -0.1) is 0 Å². The number of benzene rings is 1. The van der Waals surface area contributed by atoms with Crippen LogP contribution >= 0.6 is 0 Å². The summed E-state index contributed by atoms with van der Waals surface area (Å²) in [5.41, 5.74) is 5.66. The first-order valence-electron chi connectivity index (χ1n) is 8.46. The van der Waals surface area contributed by atoms with Crippen LogP contribution in [0, 0.1) is 20.8 Å². The van der Waals surface area contributed by atoms with E-state index in [1.54, 1.807) is 0 Å². The van der Waals surface area contributed by atoms with E-state index in [1.165, 1.54) is 54.5 Å². The molecule has 0 amide bonds. The number of nitrogens with zero attached hydrogens (tertiary/aromatic N) is 1. The third-order valence-corrected chi connectivity index (χ3v) is 4.81. The fourth-order valence-corrected chi connectivity index (χ4v) is 3.77. The minimum atomic E-state index is -0.198. The van der Waals surface area contributed by atoms with Crippen LogP contribution in [0.25, 0.3) is 0 Å². The van der Waals surface area contributed by atoms with Gasteiger partial charge in [-0.3, -0.25) is 4.90 Å². The first-order chi connectivity index (χ1) is 9.97. The highest BCUT2D eigenvalue weighted by Crippen LogP contribution is 2.25. The topological polar surface area (TPSA) is 23.5 Å². The summed E-state index contributed by atoms with van der Waals surface area (Å²) in [6.07, 6.45) is 5.87. The van der Waals surface area contributed by atoms with E-state index in [4.69, 9.17) is 0 Å². The molecular weight excluding hydrogens is 258 g/mol. The Balaban J connectivity index is 2.18. The molecule has 0 aliphatic carbocycles. The first-order valence-corrected chi connectivity index (χ1v) is 8.46. The Morgan fingerprint density at radius 3 is 2.43 bits per heavy atom. The Kier molecular flexibility index (Phi) is 5.83. The Labute approximate surface area is 130 Å². The molecule has 118 valence electrons. The van der Waals surface area contributed by atoms with E-state index in [9.17, 15) is 5.11 Å². The molecule has 0 spiro atoms. The zero-order valence-electron chi connectivity index (χ0n) is 14.2. The maximum Gasteiger partial charge on any atom is 0.0527 e. The predicted molar refractivity (Wildman–Crippen MR) is 89.6 cm³/mol. The van der Waals surface area contributed by atoms with Crippen LogP contribution in [0.4, 0.5) is 0 Å². The van der Waals surface area contributed by atoms with Crippen LogP contribution in [-0.4, -0.2) is 28.7 Å². The molecule has 1 aromatic rings. The molecule has 1 aliphatic rings. The lowest BCUT2D eigenvalue weighted by molar-refractivity contribution is 0.108. The van der Waals surface area contributed by atoms with Gasteiger partial charge in [0.15, 0.2) is 0 Å². The highest BCUT2D eigenvalue weighted by molar-refractivity contribution is 5.37. The smallest absolute Gasteiger partial charge is 0.0527 e. The van der Waals surface area contributed by atoms with Crippen molar-refractivity contribution < 1.29 is 5.11 Å². The fourth-order valence-electron chi connectivity index (χ4n) is 3.77. The summed E-state index contributed by atoms with van der Waals surface area (Å²) < 4.78 is 0. The lowest BCUT2D eigenvalue weighted by Gasteiger charge is -2.32. The van der Waals surface area contributed by atoms with Gasteiger partial charge in [0.1, 0.15) is 0 Å². The van der Waals surface area contributed by atoms with Crippen LogP contribution in [0.15, 0.2) is 12.1 Å². The average Bonchev–Trinajstić information content (AvgIpc) is 2.58. The van der Waals surface area contributed by atoms with Gasteiger partial charge in [-0.05, 0) is 70.2 Å². The Hall–Kier alpha value is -0.860. The molecule has 21 heavy (non-hydrogen) atoms. The molecule has 0 bridgehead atoms. The second-order valence-electron chi connectivity index (χ2n) is 6.94. The second kappa shape index (κ2) is 7.42. The molecule has 1 N–H and O–H groups in total. The van der Waals surface area contributed by atoms with Gasteiger partial charge in [0, 0.05) is 12.6 Å². The maximum atomic E-state index is 9.80. The van der Waals surface area contributed by atoms with Crippen molar-refractivity contribution in [2.24, 2.45) is 0 Å². The molecule has 2 heteroatoms. The number of aliphatic hydroxyl groups is 1. The first kappa shape index (κ1) is 16.5. The summed E-state index contributed by atoms with van der Waals surface area (Å²) >= 11 is 0. The molecular formula is C19H31NO. The molecule has 1 saturated heterocycles. The SMILES string of the molecule is Cc1cc(C)c(CN2CCCCCC2CC(C)O)c(C)c1. The van der Waals surface area contributed by atoms with Crippen molar-refractivity contribution in [3.63, 3.8) is 0 Å². The zero-order chi connectivity index (χ0) is 15.4. The number of likely N-dealkylation sites (tertiary alicyclic amines) is 1. The maximum absolute atomic E-state index is 9.80. The van der Waals surface area contributed by atoms with Crippen molar-refractivity contribution in [3.8, 4) is 0 Å². The molecule has 2 unspecified atom stereocenters. The highest BCUT2D eigenvalue weighted by Gasteiger charge is 2.23. The number of hydrogen-bond acceptors (Lipinski definition) is 2. The van der Waals surface area contributed by atoms with Crippen LogP contribution in [0.2, 0.25) is 0 Å². The van der Waals surface area contributed by atoms with Crippen molar-refractivity contribution in [1.29, 1.82) is 0 Å². The molecule has 0 aromatic heterocycles. The van der Waals surface area contributed by atoms with Gasteiger partial charge in [-0.25, -0.2) is 0 Å². The Morgan fingerprint density at radius 2 is 1.81 bits per heavy atom. The van der Waals surface area contributed by atoms with E-state index in [2.05, 4.69) is 37.8 Å². The van der Waals surface area contributed by atoms with Gasteiger partial charge in [0.25, 0.3) is 0 Å². The van der Waals surface area contributed by atoms with Crippen molar-refractivity contribution in [1.82, 2.24) is 4.90 Å². The molecule has 1 aromatic carbocycles. The van der Waals surface area contributed by atoms with Crippen molar-refractivity contribution in [2.45, 2.75) is 78.5 Å². The van der Waals surface area contributed by atoms with Crippen LogP contribution < -0.4 is 0 Å². The largest absolute Gasteiger partial charge is 0.393 e. The van der Waals surface area contributed by atoms with E-state index in [0.29, 0.717) is 6.04 Å². The van der Waals surface area contributed by atoms with Gasteiger partial charge >= 0.3 is 0 Å². The molecule has 1 fully saturated rings. The molecule has 2 rings (SSSR count). The van der Waals surface area contributed by atoms with Crippen LogP contribution in [0.1, 0.15) is 61.3 Å². The quantitative estimate of drug-likeness (QED) is 0.901. The van der Waals surface area contributed by atoms with Crippen LogP contribution in [-0.2, 0) is 6.54 Å². The van der Waals surface area contributed by atoms with Gasteiger partial charge < -0.3 is 5.11 Å². The zero-order valence-corrected chi connectivity index (χ0v) is 14.2. The minimum absolute atomic E-state index is 0.198. The minimum Gasteiger partial charge on any atom is -0.393 e. The van der Waals surface area contributed by atoms with Crippen molar-refractivity contribution in [2.75, 3.05) is 6.54 Å². The summed E-state index contributed by atoms with van der Waals surface area (Å²) in [5, 5.41) is 9.80. The third kappa shape index (κ3) is 4.55. The summed E-state index contributed by atoms with van der Waals surface area (Å²) in [4.78, 5) is 2.62. The van der Waals surface area contributed by atoms with Gasteiger partial charge in [-0.2, -0.15) is 0 Å². The highest BCUT2D eigenvalue weighted by atomic mass is 16.3. The van der Waals surface area contributed by atoms with Crippen LogP contribution in [0.3, 0.4) is 0 Å². The van der Waals surface area contributed by atoms with Gasteiger partial charge in [-0.1, -0.05) is 30.5 Å². The van der Waals surface area contributed by atoms with Gasteiger partial charge in [0.05, 0.1) is 6.10 Å². The molecule has 0 radical (unpaired) electrons. The monoisotopic (exact) mass is 289 g/mol. The fraction of sp³-hybridized carbons (Fsp3) is 0.684. The average molecular weight is 289 g/mol. The second-order valence-corrected chi connectivity index (χ2v) is 6.94. The normalized spacial score (nSPS) is 22.0. The number of hydrogen-bond donors (Lipinski definition) is 1. The lowest BCUT2D eigenvalue weighted by atomic mass is 9.97. The van der Waals surface area contributed by atoms with Crippen molar-refractivity contribution in [3.05, 3.63) is 34.4 Å². The predicted octanol–water partition coefficient (Wildman–Crippen LogP) is 4.13. The molecule has 1 heterocycles. The number of rotatable bonds is 4. The summed E-state index contributed by atoms with van der Waals surface area (Å²) in [7, 11) is 0. The standard InChI is InChI=1S/C19H31NO/c1-14-10-15(2)19(16(3)11-14)13-20-9-7-5-6-8-18(20)12-17(4)21/h10-11,17-18,21H,5-9,12-13H2,1-4H3. The van der Waals surface area contributed by atoms with Crippen LogP contribution in [0.5, 0.6) is 0 Å². The van der Waals surface area contributed by atoms with E-state index < -0.39 is 0 Å².